The summed E-state index contributed by atoms with van der Waals surface area (Å²) in [6, 6.07) is -0.454. The molecule has 7 heteroatoms. The maximum atomic E-state index is 12.1. The van der Waals surface area contributed by atoms with Crippen LogP contribution in [-0.2, 0) is 17.8 Å². The van der Waals surface area contributed by atoms with Crippen LogP contribution in [0, 0.1) is 0 Å². The summed E-state index contributed by atoms with van der Waals surface area (Å²) in [6.07, 6.45) is 7.38. The van der Waals surface area contributed by atoms with E-state index in [1.165, 1.54) is 0 Å². The monoisotopic (exact) mass is 312 g/mol. The van der Waals surface area contributed by atoms with Crippen molar-refractivity contribution >= 4 is 17.7 Å². The van der Waals surface area contributed by atoms with Crippen LogP contribution in [0.15, 0.2) is 6.20 Å². The summed E-state index contributed by atoms with van der Waals surface area (Å²) >= 11 is 1.69. The zero-order valence-corrected chi connectivity index (χ0v) is 13.2. The molecule has 1 unspecified atom stereocenters. The van der Waals surface area contributed by atoms with Crippen LogP contribution in [-0.4, -0.2) is 45.5 Å². The number of aromatic nitrogens is 2. The van der Waals surface area contributed by atoms with Crippen molar-refractivity contribution in [1.29, 1.82) is 0 Å². The van der Waals surface area contributed by atoms with Crippen molar-refractivity contribution in [1.82, 2.24) is 15.1 Å². The van der Waals surface area contributed by atoms with Gasteiger partial charge in [0, 0.05) is 11.3 Å². The van der Waals surface area contributed by atoms with Gasteiger partial charge in [-0.15, -0.1) is 0 Å². The molecule has 1 aliphatic carbocycles. The lowest BCUT2D eigenvalue weighted by atomic mass is 9.92. The van der Waals surface area contributed by atoms with Crippen LogP contribution in [0.25, 0.3) is 0 Å². The van der Waals surface area contributed by atoms with Gasteiger partial charge in [0.2, 0.25) is 5.91 Å². The third-order valence-electron chi connectivity index (χ3n) is 3.86. The lowest BCUT2D eigenvalue weighted by Crippen LogP contribution is -2.43. The van der Waals surface area contributed by atoms with Crippen LogP contribution in [0.1, 0.15) is 36.6 Å². The minimum Gasteiger partial charge on any atom is -0.394 e. The van der Waals surface area contributed by atoms with E-state index in [0.717, 1.165) is 36.3 Å². The highest BCUT2D eigenvalue weighted by Crippen LogP contribution is 2.29. The number of nitrogens with zero attached hydrogens (tertiary/aromatic N) is 2. The molecule has 0 spiro atoms. The van der Waals surface area contributed by atoms with Gasteiger partial charge in [-0.1, -0.05) is 0 Å². The van der Waals surface area contributed by atoms with E-state index >= 15 is 0 Å². The van der Waals surface area contributed by atoms with Crippen molar-refractivity contribution in [3.8, 4) is 0 Å². The Balaban J connectivity index is 2.01. The molecule has 1 heterocycles. The Kier molecular flexibility index (Phi) is 6.08. The van der Waals surface area contributed by atoms with Crippen molar-refractivity contribution < 1.29 is 9.90 Å². The van der Waals surface area contributed by atoms with Crippen LogP contribution in [0.4, 0.5) is 0 Å². The number of carbonyl (C=O) groups excluding carboxylic acids is 1. The minimum absolute atomic E-state index is 0.00553. The molecule has 118 valence electrons. The molecular formula is C14H24N4O2S. The predicted octanol–water partition coefficient (Wildman–Crippen LogP) is 0.449. The Morgan fingerprint density at radius 3 is 3.24 bits per heavy atom. The van der Waals surface area contributed by atoms with Crippen LogP contribution in [0.2, 0.25) is 0 Å². The van der Waals surface area contributed by atoms with Crippen molar-refractivity contribution in [2.75, 3.05) is 18.6 Å². The first kappa shape index (κ1) is 16.3. The molecule has 1 amide bonds. The average molecular weight is 312 g/mol. The number of fused-ring (bicyclic) bond motifs is 1. The van der Waals surface area contributed by atoms with Gasteiger partial charge in [-0.2, -0.15) is 16.9 Å². The molecule has 0 saturated heterocycles. The van der Waals surface area contributed by atoms with Crippen molar-refractivity contribution in [3.05, 3.63) is 17.5 Å². The van der Waals surface area contributed by atoms with E-state index in [9.17, 15) is 4.79 Å². The molecule has 0 bridgehead atoms. The van der Waals surface area contributed by atoms with Gasteiger partial charge in [-0.05, 0) is 37.7 Å². The first-order valence-corrected chi connectivity index (χ1v) is 8.77. The number of nitrogens with one attached hydrogen (secondary N) is 1. The molecule has 21 heavy (non-hydrogen) atoms. The molecule has 0 fully saturated rings. The molecule has 1 aromatic heterocycles. The Morgan fingerprint density at radius 1 is 1.71 bits per heavy atom. The molecule has 0 radical (unpaired) electrons. The van der Waals surface area contributed by atoms with E-state index in [2.05, 4.69) is 10.4 Å². The quantitative estimate of drug-likeness (QED) is 0.680. The third kappa shape index (κ3) is 3.99. The topological polar surface area (TPSA) is 93.2 Å². The largest absolute Gasteiger partial charge is 0.394 e. The highest BCUT2D eigenvalue weighted by molar-refractivity contribution is 7.98. The van der Waals surface area contributed by atoms with Gasteiger partial charge >= 0.3 is 0 Å². The van der Waals surface area contributed by atoms with E-state index < -0.39 is 6.04 Å². The van der Waals surface area contributed by atoms with Gasteiger partial charge in [-0.3, -0.25) is 9.48 Å². The summed E-state index contributed by atoms with van der Waals surface area (Å²) in [4.78, 5) is 12.1. The molecule has 2 atom stereocenters. The molecule has 0 aromatic carbocycles. The zero-order valence-electron chi connectivity index (χ0n) is 12.4. The molecular weight excluding hydrogens is 288 g/mol. The summed E-state index contributed by atoms with van der Waals surface area (Å²) < 4.78 is 1.83. The van der Waals surface area contributed by atoms with Gasteiger partial charge in [-0.25, -0.2) is 0 Å². The molecule has 6 nitrogen and oxygen atoms in total. The van der Waals surface area contributed by atoms with Crippen LogP contribution < -0.4 is 11.1 Å². The number of thioether (sulfide) groups is 1. The normalized spacial score (nSPS) is 19.1. The Morgan fingerprint density at radius 2 is 2.52 bits per heavy atom. The predicted molar refractivity (Wildman–Crippen MR) is 84.1 cm³/mol. The summed E-state index contributed by atoms with van der Waals surface area (Å²) in [7, 11) is 0. The van der Waals surface area contributed by atoms with Crippen LogP contribution in [0.3, 0.4) is 0 Å². The second-order valence-electron chi connectivity index (χ2n) is 5.33. The van der Waals surface area contributed by atoms with Crippen molar-refractivity contribution in [3.63, 3.8) is 0 Å². The number of rotatable bonds is 7. The fourth-order valence-electron chi connectivity index (χ4n) is 2.71. The van der Waals surface area contributed by atoms with Gasteiger partial charge in [0.05, 0.1) is 31.4 Å². The second-order valence-corrected chi connectivity index (χ2v) is 6.32. The number of aliphatic hydroxyl groups is 1. The number of nitrogens with two attached hydrogens (primary N) is 1. The fraction of sp³-hybridized carbons (Fsp3) is 0.714. The van der Waals surface area contributed by atoms with E-state index in [0.29, 0.717) is 13.0 Å². The Labute approximate surface area is 129 Å². The summed E-state index contributed by atoms with van der Waals surface area (Å²) in [5.41, 5.74) is 8.11. The molecule has 4 N–H and O–H groups in total. The first-order valence-electron chi connectivity index (χ1n) is 7.37. The average Bonchev–Trinajstić information content (AvgIpc) is 2.89. The van der Waals surface area contributed by atoms with Gasteiger partial charge in [0.1, 0.15) is 0 Å². The Hall–Kier alpha value is -1.05. The lowest BCUT2D eigenvalue weighted by Gasteiger charge is -2.25. The number of aliphatic hydroxyl groups excluding tert-OH is 1. The summed E-state index contributed by atoms with van der Waals surface area (Å²) in [6.45, 7) is 0.577. The van der Waals surface area contributed by atoms with Crippen LogP contribution in [0.5, 0.6) is 0 Å². The van der Waals surface area contributed by atoms with E-state index in [1.54, 1.807) is 11.8 Å². The summed E-state index contributed by atoms with van der Waals surface area (Å²) in [5.74, 6) is 0.802. The first-order chi connectivity index (χ1) is 10.2. The maximum absolute atomic E-state index is 12.1. The van der Waals surface area contributed by atoms with Gasteiger partial charge < -0.3 is 16.2 Å². The fourth-order valence-corrected chi connectivity index (χ4v) is 3.20. The zero-order chi connectivity index (χ0) is 15.2. The van der Waals surface area contributed by atoms with Gasteiger partial charge in [0.15, 0.2) is 0 Å². The van der Waals surface area contributed by atoms with E-state index in [4.69, 9.17) is 10.8 Å². The molecule has 1 aliphatic rings. The molecule has 1 aromatic rings. The number of hydrogen-bond donors (Lipinski definition) is 3. The maximum Gasteiger partial charge on any atom is 0.237 e. The highest BCUT2D eigenvalue weighted by Gasteiger charge is 2.26. The van der Waals surface area contributed by atoms with Crippen molar-refractivity contribution in [2.45, 2.75) is 44.3 Å². The van der Waals surface area contributed by atoms with Gasteiger partial charge in [0.25, 0.3) is 0 Å². The smallest absolute Gasteiger partial charge is 0.237 e. The Bertz CT molecular complexity index is 478. The summed E-state index contributed by atoms with van der Waals surface area (Å²) in [5, 5.41) is 16.4. The third-order valence-corrected chi connectivity index (χ3v) is 4.50. The van der Waals surface area contributed by atoms with E-state index in [1.807, 2.05) is 17.1 Å². The lowest BCUT2D eigenvalue weighted by molar-refractivity contribution is -0.123. The van der Waals surface area contributed by atoms with E-state index in [-0.39, 0.29) is 18.6 Å². The SMILES string of the molecule is CSCC[C@H](N)C(=O)NC1CCCc2c1cnn2CCO. The van der Waals surface area contributed by atoms with Crippen molar-refractivity contribution in [2.24, 2.45) is 5.73 Å². The molecule has 0 aliphatic heterocycles. The highest BCUT2D eigenvalue weighted by atomic mass is 32.2. The van der Waals surface area contributed by atoms with Crippen LogP contribution >= 0.6 is 11.8 Å². The minimum atomic E-state index is -0.449. The number of hydrogen-bond acceptors (Lipinski definition) is 5. The number of carbonyl (C=O) groups is 1. The second kappa shape index (κ2) is 7.82. The molecule has 2 rings (SSSR count). The molecule has 0 saturated carbocycles. The standard InChI is InChI=1S/C14H24N4O2S/c1-21-8-5-11(15)14(20)17-12-3-2-4-13-10(12)9-16-18(13)6-7-19/h9,11-12,19H,2-8,15H2,1H3,(H,17,20)/t11-,12?/m0/s1. The number of amides is 1.